The van der Waals surface area contributed by atoms with E-state index in [-0.39, 0.29) is 11.6 Å². The second-order valence-electron chi connectivity index (χ2n) is 6.03. The molecule has 1 atom stereocenters. The van der Waals surface area contributed by atoms with Crippen molar-refractivity contribution >= 4 is 43.8 Å². The molecule has 0 fully saturated rings. The van der Waals surface area contributed by atoms with Gasteiger partial charge < -0.3 is 10.1 Å². The Morgan fingerprint density at radius 3 is 2.63 bits per heavy atom. The van der Waals surface area contributed by atoms with E-state index in [0.717, 1.165) is 20.9 Å². The zero-order valence-corrected chi connectivity index (χ0v) is 18.3. The van der Waals surface area contributed by atoms with Crippen LogP contribution in [0.3, 0.4) is 0 Å². The average molecular weight is 492 g/mol. The third-order valence-corrected chi connectivity index (χ3v) is 4.96. The van der Waals surface area contributed by atoms with E-state index in [1.165, 1.54) is 0 Å². The van der Waals surface area contributed by atoms with Gasteiger partial charge in [-0.3, -0.25) is 4.79 Å². The summed E-state index contributed by atoms with van der Waals surface area (Å²) in [7, 11) is 0. The van der Waals surface area contributed by atoms with Gasteiger partial charge in [0, 0.05) is 16.1 Å². The number of halogens is 2. The molecular formula is C21H20Br2N2O2. The SMILES string of the molecule is CC[C@@H](C)NC(=O)/C(C#N)=C/c1cc(Br)cc(Br)c1OCc1ccccc1. The van der Waals surface area contributed by atoms with Crippen molar-refractivity contribution in [1.29, 1.82) is 5.26 Å². The van der Waals surface area contributed by atoms with Crippen LogP contribution in [0.5, 0.6) is 5.75 Å². The Balaban J connectivity index is 2.34. The predicted octanol–water partition coefficient (Wildman–Crippen LogP) is 5.61. The van der Waals surface area contributed by atoms with Gasteiger partial charge in [-0.1, -0.05) is 53.2 Å². The van der Waals surface area contributed by atoms with Gasteiger partial charge in [-0.15, -0.1) is 0 Å². The van der Waals surface area contributed by atoms with Crippen molar-refractivity contribution in [3.63, 3.8) is 0 Å². The fraction of sp³-hybridized carbons (Fsp3) is 0.238. The van der Waals surface area contributed by atoms with Crippen LogP contribution in [0.25, 0.3) is 6.08 Å². The first-order valence-corrected chi connectivity index (χ1v) is 10.1. The number of carbonyl (C=O) groups excluding carboxylic acids is 1. The van der Waals surface area contributed by atoms with Crippen molar-refractivity contribution in [2.75, 3.05) is 0 Å². The van der Waals surface area contributed by atoms with Crippen molar-refractivity contribution < 1.29 is 9.53 Å². The van der Waals surface area contributed by atoms with Crippen molar-refractivity contribution in [3.05, 3.63) is 68.1 Å². The second kappa shape index (κ2) is 10.3. The van der Waals surface area contributed by atoms with E-state index in [0.29, 0.717) is 17.9 Å². The highest BCUT2D eigenvalue weighted by Gasteiger charge is 2.15. The van der Waals surface area contributed by atoms with E-state index in [1.807, 2.05) is 62.4 Å². The van der Waals surface area contributed by atoms with Gasteiger partial charge in [0.2, 0.25) is 0 Å². The first-order valence-electron chi connectivity index (χ1n) is 8.53. The molecular weight excluding hydrogens is 472 g/mol. The molecule has 1 amide bonds. The first-order chi connectivity index (χ1) is 12.9. The Kier molecular flexibility index (Phi) is 8.08. The highest BCUT2D eigenvalue weighted by Crippen LogP contribution is 2.35. The molecule has 0 aliphatic heterocycles. The van der Waals surface area contributed by atoms with Crippen LogP contribution in [0.4, 0.5) is 0 Å². The molecule has 0 aromatic heterocycles. The molecule has 27 heavy (non-hydrogen) atoms. The Labute approximate surface area is 176 Å². The highest BCUT2D eigenvalue weighted by molar-refractivity contribution is 9.11. The minimum Gasteiger partial charge on any atom is -0.487 e. The number of benzene rings is 2. The summed E-state index contributed by atoms with van der Waals surface area (Å²) in [6.07, 6.45) is 2.34. The molecule has 0 saturated heterocycles. The number of rotatable bonds is 7. The van der Waals surface area contributed by atoms with Crippen LogP contribution in [0.15, 0.2) is 57.0 Å². The lowest BCUT2D eigenvalue weighted by Crippen LogP contribution is -2.32. The lowest BCUT2D eigenvalue weighted by atomic mass is 10.1. The molecule has 0 radical (unpaired) electrons. The Bertz CT molecular complexity index is 874. The lowest BCUT2D eigenvalue weighted by Gasteiger charge is -2.14. The molecule has 1 N–H and O–H groups in total. The van der Waals surface area contributed by atoms with Crippen LogP contribution in [-0.4, -0.2) is 11.9 Å². The second-order valence-corrected chi connectivity index (χ2v) is 7.80. The Morgan fingerprint density at radius 2 is 2.00 bits per heavy atom. The number of hydrogen-bond donors (Lipinski definition) is 1. The van der Waals surface area contributed by atoms with Gasteiger partial charge in [0.25, 0.3) is 5.91 Å². The van der Waals surface area contributed by atoms with Crippen LogP contribution >= 0.6 is 31.9 Å². The zero-order valence-electron chi connectivity index (χ0n) is 15.1. The number of nitriles is 1. The molecule has 6 heteroatoms. The van der Waals surface area contributed by atoms with Crippen LogP contribution in [0, 0.1) is 11.3 Å². The summed E-state index contributed by atoms with van der Waals surface area (Å²) in [5, 5.41) is 12.3. The number of carbonyl (C=O) groups is 1. The smallest absolute Gasteiger partial charge is 0.262 e. The van der Waals surface area contributed by atoms with Gasteiger partial charge in [-0.25, -0.2) is 0 Å². The fourth-order valence-electron chi connectivity index (χ4n) is 2.28. The van der Waals surface area contributed by atoms with Gasteiger partial charge in [0.15, 0.2) is 0 Å². The number of hydrogen-bond acceptors (Lipinski definition) is 3. The normalized spacial score (nSPS) is 12.2. The minimum atomic E-state index is -0.392. The molecule has 2 rings (SSSR count). The Morgan fingerprint density at radius 1 is 1.30 bits per heavy atom. The van der Waals surface area contributed by atoms with Crippen LogP contribution in [0.1, 0.15) is 31.4 Å². The van der Waals surface area contributed by atoms with E-state index >= 15 is 0 Å². The summed E-state index contributed by atoms with van der Waals surface area (Å²) in [6.45, 7) is 4.25. The molecule has 140 valence electrons. The van der Waals surface area contributed by atoms with E-state index in [4.69, 9.17) is 4.74 Å². The van der Waals surface area contributed by atoms with Crippen LogP contribution in [0.2, 0.25) is 0 Å². The van der Waals surface area contributed by atoms with E-state index in [9.17, 15) is 10.1 Å². The average Bonchev–Trinajstić information content (AvgIpc) is 2.65. The molecule has 4 nitrogen and oxygen atoms in total. The van der Waals surface area contributed by atoms with Gasteiger partial charge in [-0.05, 0) is 53.0 Å². The van der Waals surface area contributed by atoms with Gasteiger partial charge in [0.05, 0.1) is 4.47 Å². The molecule has 2 aromatic rings. The highest BCUT2D eigenvalue weighted by atomic mass is 79.9. The number of nitrogens with zero attached hydrogens (tertiary/aromatic N) is 1. The maximum Gasteiger partial charge on any atom is 0.262 e. The molecule has 0 spiro atoms. The molecule has 0 heterocycles. The fourth-order valence-corrected chi connectivity index (χ4v) is 3.65. The van der Waals surface area contributed by atoms with Gasteiger partial charge >= 0.3 is 0 Å². The first kappa shape index (κ1) is 21.2. The molecule has 2 aromatic carbocycles. The summed E-state index contributed by atoms with van der Waals surface area (Å²) < 4.78 is 7.53. The minimum absolute atomic E-state index is 0.00250. The largest absolute Gasteiger partial charge is 0.487 e. The molecule has 0 aliphatic carbocycles. The molecule has 0 unspecified atom stereocenters. The van der Waals surface area contributed by atoms with Crippen LogP contribution in [-0.2, 0) is 11.4 Å². The summed E-state index contributed by atoms with van der Waals surface area (Å²) in [6, 6.07) is 15.5. The van der Waals surface area contributed by atoms with E-state index < -0.39 is 5.91 Å². The van der Waals surface area contributed by atoms with Gasteiger partial charge in [0.1, 0.15) is 24.0 Å². The quantitative estimate of drug-likeness (QED) is 0.404. The van der Waals surface area contributed by atoms with Crippen molar-refractivity contribution in [1.82, 2.24) is 5.32 Å². The molecule has 0 bridgehead atoms. The maximum absolute atomic E-state index is 12.3. The molecule has 0 saturated carbocycles. The topological polar surface area (TPSA) is 62.1 Å². The number of ether oxygens (including phenoxy) is 1. The lowest BCUT2D eigenvalue weighted by molar-refractivity contribution is -0.117. The summed E-state index contributed by atoms with van der Waals surface area (Å²) in [5.41, 5.74) is 1.70. The van der Waals surface area contributed by atoms with Gasteiger partial charge in [-0.2, -0.15) is 5.26 Å². The third-order valence-electron chi connectivity index (χ3n) is 3.92. The van der Waals surface area contributed by atoms with Crippen molar-refractivity contribution in [2.45, 2.75) is 32.9 Å². The number of nitrogens with one attached hydrogen (secondary N) is 1. The molecule has 0 aliphatic rings. The van der Waals surface area contributed by atoms with Crippen LogP contribution < -0.4 is 10.1 Å². The zero-order chi connectivity index (χ0) is 19.8. The van der Waals surface area contributed by atoms with Crippen molar-refractivity contribution in [3.8, 4) is 11.8 Å². The van der Waals surface area contributed by atoms with E-state index in [2.05, 4.69) is 37.2 Å². The predicted molar refractivity (Wildman–Crippen MR) is 114 cm³/mol. The Hall–Kier alpha value is -2.10. The maximum atomic E-state index is 12.3. The monoisotopic (exact) mass is 490 g/mol. The van der Waals surface area contributed by atoms with E-state index in [1.54, 1.807) is 6.08 Å². The number of amides is 1. The van der Waals surface area contributed by atoms with Crippen molar-refractivity contribution in [2.24, 2.45) is 0 Å². The summed E-state index contributed by atoms with van der Waals surface area (Å²) in [5.74, 6) is 0.183. The standard InChI is InChI=1S/C21H20Br2N2O2/c1-3-14(2)25-21(26)17(12-24)9-16-10-18(22)11-19(23)20(16)27-13-15-7-5-4-6-8-15/h4-11,14H,3,13H2,1-2H3,(H,25,26)/b17-9+/t14-/m1/s1. The summed E-state index contributed by atoms with van der Waals surface area (Å²) in [4.78, 5) is 12.3. The third kappa shape index (κ3) is 6.23. The summed E-state index contributed by atoms with van der Waals surface area (Å²) >= 11 is 6.95.